The van der Waals surface area contributed by atoms with Crippen LogP contribution in [0.25, 0.3) is 0 Å². The smallest absolute Gasteiger partial charge is 0.220 e. The van der Waals surface area contributed by atoms with Crippen LogP contribution in [-0.2, 0) is 4.79 Å². The van der Waals surface area contributed by atoms with Gasteiger partial charge in [-0.25, -0.2) is 0 Å². The molecule has 0 heterocycles. The monoisotopic (exact) mass is 688 g/mol. The van der Waals surface area contributed by atoms with Crippen molar-refractivity contribution in [1.29, 1.82) is 0 Å². The third-order valence-corrected chi connectivity index (χ3v) is 9.88. The summed E-state index contributed by atoms with van der Waals surface area (Å²) in [5, 5.41) is 22.9. The van der Waals surface area contributed by atoms with Crippen LogP contribution in [0.2, 0.25) is 0 Å². The Morgan fingerprint density at radius 1 is 0.490 bits per heavy atom. The first-order valence-electron chi connectivity index (χ1n) is 21.7. The van der Waals surface area contributed by atoms with Crippen LogP contribution >= 0.6 is 0 Å². The lowest BCUT2D eigenvalue weighted by Gasteiger charge is -2.19. The molecule has 2 atom stereocenters. The Morgan fingerprint density at radius 3 is 1.22 bits per heavy atom. The molecule has 0 aliphatic carbocycles. The van der Waals surface area contributed by atoms with Crippen LogP contribution < -0.4 is 5.32 Å². The lowest BCUT2D eigenvalue weighted by atomic mass is 10.0. The second-order valence-corrected chi connectivity index (χ2v) is 14.8. The number of hydrogen-bond acceptors (Lipinski definition) is 3. The first kappa shape index (κ1) is 47.6. The molecular formula is C45H85NO3. The zero-order chi connectivity index (χ0) is 35.7. The van der Waals surface area contributed by atoms with Gasteiger partial charge in [0.2, 0.25) is 5.91 Å². The van der Waals surface area contributed by atoms with Gasteiger partial charge in [-0.2, -0.15) is 0 Å². The summed E-state index contributed by atoms with van der Waals surface area (Å²) in [4.78, 5) is 12.3. The number of allylic oxidation sites excluding steroid dienone is 5. The molecule has 49 heavy (non-hydrogen) atoms. The van der Waals surface area contributed by atoms with Crippen LogP contribution in [0.5, 0.6) is 0 Å². The summed E-state index contributed by atoms with van der Waals surface area (Å²) >= 11 is 0. The second kappa shape index (κ2) is 41.0. The Kier molecular flexibility index (Phi) is 39.9. The van der Waals surface area contributed by atoms with Gasteiger partial charge >= 0.3 is 0 Å². The highest BCUT2D eigenvalue weighted by atomic mass is 16.3. The first-order valence-corrected chi connectivity index (χ1v) is 21.7. The number of aliphatic hydroxyl groups is 2. The van der Waals surface area contributed by atoms with Gasteiger partial charge < -0.3 is 15.5 Å². The quantitative estimate of drug-likeness (QED) is 0.0445. The molecule has 4 nitrogen and oxygen atoms in total. The van der Waals surface area contributed by atoms with E-state index in [1.54, 1.807) is 6.08 Å². The molecule has 0 bridgehead atoms. The molecule has 0 saturated heterocycles. The van der Waals surface area contributed by atoms with E-state index in [1.165, 1.54) is 173 Å². The molecule has 0 aromatic rings. The van der Waals surface area contributed by atoms with Gasteiger partial charge in [-0.15, -0.1) is 0 Å². The third kappa shape index (κ3) is 37.7. The average Bonchev–Trinajstić information content (AvgIpc) is 3.10. The van der Waals surface area contributed by atoms with Gasteiger partial charge in [0.1, 0.15) is 0 Å². The van der Waals surface area contributed by atoms with Crippen molar-refractivity contribution in [3.63, 3.8) is 0 Å². The zero-order valence-corrected chi connectivity index (χ0v) is 33.0. The van der Waals surface area contributed by atoms with Gasteiger partial charge in [0.25, 0.3) is 0 Å². The fourth-order valence-electron chi connectivity index (χ4n) is 6.52. The standard InChI is InChI=1S/C45H85NO3/c1-3-5-7-9-11-13-15-17-18-19-20-21-22-23-24-25-26-27-29-30-32-34-36-38-40-44(48)43(42-47)46-45(49)41-39-37-35-33-31-28-16-14-12-10-8-6-4-2/h28,31,35,37-38,40,43-44,47-48H,3-27,29-30,32-34,36,39,41-42H2,1-2H3,(H,46,49)/b31-28-,37-35-,40-38+. The Hall–Kier alpha value is -1.39. The maximum Gasteiger partial charge on any atom is 0.220 e. The number of aliphatic hydroxyl groups excluding tert-OH is 2. The highest BCUT2D eigenvalue weighted by Gasteiger charge is 2.17. The summed E-state index contributed by atoms with van der Waals surface area (Å²) < 4.78 is 0. The topological polar surface area (TPSA) is 69.6 Å². The van der Waals surface area contributed by atoms with Crippen LogP contribution in [0.3, 0.4) is 0 Å². The SMILES string of the molecule is CCCCCCCC/C=C\C/C=C\CCC(=O)NC(CO)C(O)/C=C/CCCCCCCCCCCCCCCCCCCCCCCC. The van der Waals surface area contributed by atoms with Crippen LogP contribution in [0.4, 0.5) is 0 Å². The van der Waals surface area contributed by atoms with Crippen molar-refractivity contribution in [3.8, 4) is 0 Å². The minimum absolute atomic E-state index is 0.130. The van der Waals surface area contributed by atoms with Crippen molar-refractivity contribution in [3.05, 3.63) is 36.5 Å². The first-order chi connectivity index (χ1) is 24.2. The molecule has 0 rings (SSSR count). The highest BCUT2D eigenvalue weighted by Crippen LogP contribution is 2.16. The molecule has 0 radical (unpaired) electrons. The van der Waals surface area contributed by atoms with Gasteiger partial charge in [-0.3, -0.25) is 4.79 Å². The summed E-state index contributed by atoms with van der Waals surface area (Å²) in [5.74, 6) is -0.130. The summed E-state index contributed by atoms with van der Waals surface area (Å²) in [6.07, 6.45) is 54.1. The van der Waals surface area contributed by atoms with Crippen molar-refractivity contribution in [2.75, 3.05) is 6.61 Å². The Labute approximate surface area is 306 Å². The summed E-state index contributed by atoms with van der Waals surface area (Å²) in [5.41, 5.74) is 0. The van der Waals surface area contributed by atoms with Gasteiger partial charge in [0.15, 0.2) is 0 Å². The van der Waals surface area contributed by atoms with E-state index in [0.717, 1.165) is 25.7 Å². The third-order valence-electron chi connectivity index (χ3n) is 9.88. The highest BCUT2D eigenvalue weighted by molar-refractivity contribution is 5.76. The number of nitrogens with one attached hydrogen (secondary N) is 1. The Bertz CT molecular complexity index is 746. The van der Waals surface area contributed by atoms with Crippen molar-refractivity contribution in [1.82, 2.24) is 5.32 Å². The van der Waals surface area contributed by atoms with Crippen LogP contribution in [0.15, 0.2) is 36.5 Å². The summed E-state index contributed by atoms with van der Waals surface area (Å²) in [7, 11) is 0. The minimum Gasteiger partial charge on any atom is -0.394 e. The number of carbonyl (C=O) groups excluding carboxylic acids is 1. The molecule has 0 aromatic heterocycles. The Morgan fingerprint density at radius 2 is 0.837 bits per heavy atom. The molecule has 0 aliphatic rings. The van der Waals surface area contributed by atoms with Crippen LogP contribution in [0, 0.1) is 0 Å². The molecule has 1 amide bonds. The summed E-state index contributed by atoms with van der Waals surface area (Å²) in [6.45, 7) is 4.28. The largest absolute Gasteiger partial charge is 0.394 e. The fourth-order valence-corrected chi connectivity index (χ4v) is 6.52. The molecule has 3 N–H and O–H groups in total. The molecule has 0 spiro atoms. The number of carbonyl (C=O) groups is 1. The second-order valence-electron chi connectivity index (χ2n) is 14.8. The van der Waals surface area contributed by atoms with Gasteiger partial charge in [0, 0.05) is 6.42 Å². The lowest BCUT2D eigenvalue weighted by Crippen LogP contribution is -2.45. The number of rotatable bonds is 39. The van der Waals surface area contributed by atoms with Crippen molar-refractivity contribution in [2.24, 2.45) is 0 Å². The van der Waals surface area contributed by atoms with Crippen molar-refractivity contribution < 1.29 is 15.0 Å². The van der Waals surface area contributed by atoms with E-state index in [0.29, 0.717) is 12.8 Å². The molecule has 0 aliphatic heterocycles. The normalized spacial score (nSPS) is 13.3. The van der Waals surface area contributed by atoms with E-state index >= 15 is 0 Å². The Balaban J connectivity index is 3.57. The summed E-state index contributed by atoms with van der Waals surface area (Å²) in [6, 6.07) is -0.651. The van der Waals surface area contributed by atoms with E-state index < -0.39 is 12.1 Å². The average molecular weight is 688 g/mol. The fraction of sp³-hybridized carbons (Fsp3) is 0.844. The van der Waals surface area contributed by atoms with Gasteiger partial charge in [-0.1, -0.05) is 217 Å². The number of amides is 1. The van der Waals surface area contributed by atoms with E-state index in [2.05, 4.69) is 37.4 Å². The molecular weight excluding hydrogens is 602 g/mol. The molecule has 4 heteroatoms. The predicted molar refractivity (Wildman–Crippen MR) is 216 cm³/mol. The molecule has 288 valence electrons. The molecule has 0 fully saturated rings. The maximum absolute atomic E-state index is 12.3. The van der Waals surface area contributed by atoms with Gasteiger partial charge in [0.05, 0.1) is 18.8 Å². The lowest BCUT2D eigenvalue weighted by molar-refractivity contribution is -0.122. The molecule has 0 saturated carbocycles. The molecule has 0 aromatic carbocycles. The van der Waals surface area contributed by atoms with Crippen LogP contribution in [0.1, 0.15) is 226 Å². The maximum atomic E-state index is 12.3. The number of unbranched alkanes of at least 4 members (excludes halogenated alkanes) is 28. The van der Waals surface area contributed by atoms with E-state index in [-0.39, 0.29) is 12.5 Å². The van der Waals surface area contributed by atoms with Crippen molar-refractivity contribution in [2.45, 2.75) is 238 Å². The van der Waals surface area contributed by atoms with Crippen LogP contribution in [-0.4, -0.2) is 34.9 Å². The molecule has 2 unspecified atom stereocenters. The zero-order valence-electron chi connectivity index (χ0n) is 33.0. The van der Waals surface area contributed by atoms with Gasteiger partial charge in [-0.05, 0) is 38.5 Å². The van der Waals surface area contributed by atoms with E-state index in [4.69, 9.17) is 0 Å². The van der Waals surface area contributed by atoms with E-state index in [9.17, 15) is 15.0 Å². The number of hydrogen-bond donors (Lipinski definition) is 3. The minimum atomic E-state index is -0.860. The van der Waals surface area contributed by atoms with Crippen molar-refractivity contribution >= 4 is 5.91 Å². The van der Waals surface area contributed by atoms with E-state index in [1.807, 2.05) is 12.2 Å². The predicted octanol–water partition coefficient (Wildman–Crippen LogP) is 13.4.